The van der Waals surface area contributed by atoms with Gasteiger partial charge in [0.25, 0.3) is 0 Å². The van der Waals surface area contributed by atoms with Gasteiger partial charge in [-0.25, -0.2) is 4.98 Å². The van der Waals surface area contributed by atoms with E-state index in [2.05, 4.69) is 15.6 Å². The number of nitrogens with one attached hydrogen (secondary N) is 2. The number of hydrogen-bond donors (Lipinski definition) is 2. The van der Waals surface area contributed by atoms with E-state index in [1.165, 1.54) is 0 Å². The number of nitrogens with zero attached hydrogens (tertiary/aromatic N) is 1. The number of carbonyl (C=O) groups excluding carboxylic acids is 1. The molecule has 0 unspecified atom stereocenters. The average molecular weight is 223 g/mol. The zero-order chi connectivity index (χ0) is 12.0. The van der Waals surface area contributed by atoms with E-state index in [0.717, 1.165) is 5.69 Å². The number of methoxy groups -OCH3 is 1. The Labute approximate surface area is 95.2 Å². The summed E-state index contributed by atoms with van der Waals surface area (Å²) in [6.45, 7) is 4.09. The second kappa shape index (κ2) is 5.95. The van der Waals surface area contributed by atoms with Gasteiger partial charge in [0.15, 0.2) is 0 Å². The Hall–Kier alpha value is -1.78. The van der Waals surface area contributed by atoms with Gasteiger partial charge in [-0.05, 0) is 19.9 Å². The highest BCUT2D eigenvalue weighted by Gasteiger charge is 2.02. The first-order chi connectivity index (χ1) is 7.61. The van der Waals surface area contributed by atoms with E-state index in [0.29, 0.717) is 5.88 Å². The zero-order valence-corrected chi connectivity index (χ0v) is 9.78. The van der Waals surface area contributed by atoms with Crippen molar-refractivity contribution in [2.24, 2.45) is 0 Å². The van der Waals surface area contributed by atoms with Crippen LogP contribution in [0.1, 0.15) is 13.8 Å². The first-order valence-electron chi connectivity index (χ1n) is 5.15. The molecule has 0 saturated carbocycles. The molecule has 0 aliphatic carbocycles. The molecule has 1 aromatic heterocycles. The second-order valence-corrected chi connectivity index (χ2v) is 3.67. The summed E-state index contributed by atoms with van der Waals surface area (Å²) in [7, 11) is 1.56. The quantitative estimate of drug-likeness (QED) is 0.782. The standard InChI is InChI=1S/C11H17N3O2/c1-8(2)14-10(15)7-12-9-4-5-11(16-3)13-6-9/h4-6,8,12H,7H2,1-3H3,(H,14,15). The van der Waals surface area contributed by atoms with Crippen LogP contribution in [0.2, 0.25) is 0 Å². The predicted molar refractivity (Wildman–Crippen MR) is 62.6 cm³/mol. The van der Waals surface area contributed by atoms with Gasteiger partial charge in [0, 0.05) is 12.1 Å². The fourth-order valence-electron chi connectivity index (χ4n) is 1.16. The number of aromatic nitrogens is 1. The van der Waals surface area contributed by atoms with Crippen molar-refractivity contribution >= 4 is 11.6 Å². The molecule has 1 rings (SSSR count). The van der Waals surface area contributed by atoms with Crippen molar-refractivity contribution in [1.82, 2.24) is 10.3 Å². The van der Waals surface area contributed by atoms with Gasteiger partial charge in [-0.3, -0.25) is 4.79 Å². The second-order valence-electron chi connectivity index (χ2n) is 3.67. The minimum atomic E-state index is -0.0363. The van der Waals surface area contributed by atoms with Crippen LogP contribution in [-0.4, -0.2) is 30.6 Å². The summed E-state index contributed by atoms with van der Waals surface area (Å²) in [5.74, 6) is 0.517. The Balaban J connectivity index is 2.39. The number of amides is 1. The van der Waals surface area contributed by atoms with Crippen molar-refractivity contribution in [3.8, 4) is 5.88 Å². The lowest BCUT2D eigenvalue weighted by molar-refractivity contribution is -0.119. The van der Waals surface area contributed by atoms with Crippen LogP contribution in [0.3, 0.4) is 0 Å². The van der Waals surface area contributed by atoms with Crippen LogP contribution in [0.25, 0.3) is 0 Å². The average Bonchev–Trinajstić information content (AvgIpc) is 2.26. The van der Waals surface area contributed by atoms with E-state index in [1.807, 2.05) is 19.9 Å². The smallest absolute Gasteiger partial charge is 0.239 e. The van der Waals surface area contributed by atoms with E-state index < -0.39 is 0 Å². The molecule has 1 heterocycles. The Morgan fingerprint density at radius 1 is 1.50 bits per heavy atom. The molecule has 0 aliphatic heterocycles. The molecule has 1 amide bonds. The van der Waals surface area contributed by atoms with Gasteiger partial charge in [0.05, 0.1) is 25.5 Å². The summed E-state index contributed by atoms with van der Waals surface area (Å²) in [6.07, 6.45) is 1.63. The summed E-state index contributed by atoms with van der Waals surface area (Å²) < 4.78 is 4.93. The van der Waals surface area contributed by atoms with Gasteiger partial charge in [-0.15, -0.1) is 0 Å². The highest BCUT2D eigenvalue weighted by Crippen LogP contribution is 2.10. The van der Waals surface area contributed by atoms with E-state index >= 15 is 0 Å². The number of rotatable bonds is 5. The minimum absolute atomic E-state index is 0.0363. The highest BCUT2D eigenvalue weighted by atomic mass is 16.5. The lowest BCUT2D eigenvalue weighted by Crippen LogP contribution is -2.34. The SMILES string of the molecule is COc1ccc(NCC(=O)NC(C)C)cn1. The molecule has 2 N–H and O–H groups in total. The molecule has 88 valence electrons. The van der Waals surface area contributed by atoms with Gasteiger partial charge < -0.3 is 15.4 Å². The van der Waals surface area contributed by atoms with Crippen molar-refractivity contribution in [3.63, 3.8) is 0 Å². The van der Waals surface area contributed by atoms with Crippen LogP contribution < -0.4 is 15.4 Å². The fourth-order valence-corrected chi connectivity index (χ4v) is 1.16. The third-order valence-electron chi connectivity index (χ3n) is 1.85. The third-order valence-corrected chi connectivity index (χ3v) is 1.85. The maximum atomic E-state index is 11.3. The Bertz CT molecular complexity index is 336. The lowest BCUT2D eigenvalue weighted by Gasteiger charge is -2.09. The van der Waals surface area contributed by atoms with Crippen molar-refractivity contribution in [2.75, 3.05) is 19.0 Å². The monoisotopic (exact) mass is 223 g/mol. The van der Waals surface area contributed by atoms with Gasteiger partial charge in [-0.2, -0.15) is 0 Å². The van der Waals surface area contributed by atoms with Crippen molar-refractivity contribution in [2.45, 2.75) is 19.9 Å². The summed E-state index contributed by atoms with van der Waals surface area (Å²) in [5.41, 5.74) is 0.791. The molecule has 16 heavy (non-hydrogen) atoms. The Morgan fingerprint density at radius 3 is 2.75 bits per heavy atom. The van der Waals surface area contributed by atoms with E-state index in [-0.39, 0.29) is 18.5 Å². The number of pyridine rings is 1. The normalized spacial score (nSPS) is 10.0. The maximum absolute atomic E-state index is 11.3. The van der Waals surface area contributed by atoms with Gasteiger partial charge in [0.1, 0.15) is 0 Å². The van der Waals surface area contributed by atoms with E-state index in [9.17, 15) is 4.79 Å². The number of carbonyl (C=O) groups is 1. The van der Waals surface area contributed by atoms with Crippen LogP contribution in [0.15, 0.2) is 18.3 Å². The molecule has 0 radical (unpaired) electrons. The predicted octanol–water partition coefficient (Wildman–Crippen LogP) is 1.03. The Morgan fingerprint density at radius 2 is 2.25 bits per heavy atom. The molecule has 0 aromatic carbocycles. The third kappa shape index (κ3) is 4.16. The largest absolute Gasteiger partial charge is 0.481 e. The highest BCUT2D eigenvalue weighted by molar-refractivity contribution is 5.80. The molecule has 0 spiro atoms. The van der Waals surface area contributed by atoms with Crippen LogP contribution in [0.4, 0.5) is 5.69 Å². The Kier molecular flexibility index (Phi) is 4.57. The van der Waals surface area contributed by atoms with Crippen molar-refractivity contribution < 1.29 is 9.53 Å². The van der Waals surface area contributed by atoms with Crippen LogP contribution in [0.5, 0.6) is 5.88 Å². The minimum Gasteiger partial charge on any atom is -0.481 e. The van der Waals surface area contributed by atoms with Crippen molar-refractivity contribution in [3.05, 3.63) is 18.3 Å². The molecule has 0 fully saturated rings. The molecule has 5 nitrogen and oxygen atoms in total. The van der Waals surface area contributed by atoms with Gasteiger partial charge in [0.2, 0.25) is 11.8 Å². The van der Waals surface area contributed by atoms with Gasteiger partial charge in [-0.1, -0.05) is 0 Å². The van der Waals surface area contributed by atoms with Gasteiger partial charge >= 0.3 is 0 Å². The molecule has 0 atom stereocenters. The molecule has 1 aromatic rings. The fraction of sp³-hybridized carbons (Fsp3) is 0.455. The molecule has 0 bridgehead atoms. The van der Waals surface area contributed by atoms with E-state index in [1.54, 1.807) is 19.4 Å². The van der Waals surface area contributed by atoms with E-state index in [4.69, 9.17) is 4.74 Å². The molecular weight excluding hydrogens is 206 g/mol. The molecular formula is C11H17N3O2. The summed E-state index contributed by atoms with van der Waals surface area (Å²) in [4.78, 5) is 15.4. The summed E-state index contributed by atoms with van der Waals surface area (Å²) in [5, 5.41) is 5.76. The number of anilines is 1. The maximum Gasteiger partial charge on any atom is 0.239 e. The van der Waals surface area contributed by atoms with Crippen LogP contribution in [0, 0.1) is 0 Å². The first-order valence-corrected chi connectivity index (χ1v) is 5.15. The lowest BCUT2D eigenvalue weighted by atomic mass is 10.3. The number of hydrogen-bond acceptors (Lipinski definition) is 4. The van der Waals surface area contributed by atoms with Crippen molar-refractivity contribution in [1.29, 1.82) is 0 Å². The van der Waals surface area contributed by atoms with Crippen LogP contribution >= 0.6 is 0 Å². The molecule has 0 aliphatic rings. The van der Waals surface area contributed by atoms with Crippen LogP contribution in [-0.2, 0) is 4.79 Å². The molecule has 0 saturated heterocycles. The first kappa shape index (κ1) is 12.3. The summed E-state index contributed by atoms with van der Waals surface area (Å²) in [6, 6.07) is 3.71. The molecule has 5 heteroatoms. The summed E-state index contributed by atoms with van der Waals surface area (Å²) >= 11 is 0. The topological polar surface area (TPSA) is 63.2 Å². The number of ether oxygens (including phenoxy) is 1. The zero-order valence-electron chi connectivity index (χ0n) is 9.78.